The van der Waals surface area contributed by atoms with Crippen LogP contribution in [0.5, 0.6) is 0 Å². The highest BCUT2D eigenvalue weighted by molar-refractivity contribution is 4.86. The van der Waals surface area contributed by atoms with Crippen molar-refractivity contribution in [1.29, 1.82) is 0 Å². The van der Waals surface area contributed by atoms with Crippen molar-refractivity contribution in [1.82, 2.24) is 5.32 Å². The molecule has 1 aliphatic heterocycles. The number of hydrogen-bond acceptors (Lipinski definition) is 2. The molecule has 0 saturated carbocycles. The van der Waals surface area contributed by atoms with Crippen LogP contribution in [0.1, 0.15) is 58.8 Å². The van der Waals surface area contributed by atoms with Gasteiger partial charge in [-0.3, -0.25) is 0 Å². The lowest BCUT2D eigenvalue weighted by Crippen LogP contribution is -2.43. The summed E-state index contributed by atoms with van der Waals surface area (Å²) in [5, 5.41) is 3.62. The smallest absolute Gasteiger partial charge is 0.0646 e. The van der Waals surface area contributed by atoms with Crippen LogP contribution in [-0.4, -0.2) is 25.3 Å². The van der Waals surface area contributed by atoms with Crippen molar-refractivity contribution in [2.45, 2.75) is 64.3 Å². The van der Waals surface area contributed by atoms with Gasteiger partial charge in [0.1, 0.15) is 0 Å². The van der Waals surface area contributed by atoms with Gasteiger partial charge in [-0.05, 0) is 26.3 Å². The zero-order valence-electron chi connectivity index (χ0n) is 10.5. The fourth-order valence-corrected chi connectivity index (χ4v) is 2.10. The van der Waals surface area contributed by atoms with Crippen molar-refractivity contribution in [3.8, 4) is 0 Å². The Kier molecular flexibility index (Phi) is 6.26. The Balaban J connectivity index is 1.88. The van der Waals surface area contributed by atoms with Gasteiger partial charge in [0.25, 0.3) is 0 Å². The minimum absolute atomic E-state index is 0.267. The molecule has 1 saturated heterocycles. The first-order valence-corrected chi connectivity index (χ1v) is 6.60. The first-order chi connectivity index (χ1) is 7.27. The van der Waals surface area contributed by atoms with Gasteiger partial charge in [-0.1, -0.05) is 39.0 Å². The summed E-state index contributed by atoms with van der Waals surface area (Å²) in [5.41, 5.74) is 0.267. The molecule has 15 heavy (non-hydrogen) atoms. The van der Waals surface area contributed by atoms with Gasteiger partial charge >= 0.3 is 0 Å². The van der Waals surface area contributed by atoms with Gasteiger partial charge < -0.3 is 10.1 Å². The van der Waals surface area contributed by atoms with Gasteiger partial charge in [0.05, 0.1) is 6.61 Å². The maximum absolute atomic E-state index is 5.41. The van der Waals surface area contributed by atoms with Crippen LogP contribution in [0.3, 0.4) is 0 Å². The van der Waals surface area contributed by atoms with Crippen molar-refractivity contribution >= 4 is 0 Å². The molecule has 0 aromatic rings. The number of nitrogens with one attached hydrogen (secondary N) is 1. The van der Waals surface area contributed by atoms with E-state index in [2.05, 4.69) is 19.2 Å². The van der Waals surface area contributed by atoms with Crippen LogP contribution in [0.25, 0.3) is 0 Å². The van der Waals surface area contributed by atoms with Crippen LogP contribution in [0.15, 0.2) is 0 Å². The first-order valence-electron chi connectivity index (χ1n) is 6.60. The average Bonchev–Trinajstić information content (AvgIpc) is 2.64. The third-order valence-corrected chi connectivity index (χ3v) is 3.30. The molecule has 90 valence electrons. The molecule has 1 fully saturated rings. The molecule has 1 atom stereocenters. The Morgan fingerprint density at radius 1 is 1.13 bits per heavy atom. The van der Waals surface area contributed by atoms with Crippen LogP contribution >= 0.6 is 0 Å². The molecule has 2 heteroatoms. The lowest BCUT2D eigenvalue weighted by atomic mass is 10.0. The van der Waals surface area contributed by atoms with E-state index < -0.39 is 0 Å². The number of hydrogen-bond donors (Lipinski definition) is 1. The summed E-state index contributed by atoms with van der Waals surface area (Å²) in [6, 6.07) is 0. The van der Waals surface area contributed by atoms with Gasteiger partial charge in [0.2, 0.25) is 0 Å². The standard InChI is InChI=1S/C13H27NO/c1-3-4-5-6-7-8-10-14-13(2)9-11-15-12-13/h14H,3-12H2,1-2H3. The lowest BCUT2D eigenvalue weighted by molar-refractivity contribution is 0.171. The van der Waals surface area contributed by atoms with Crippen molar-refractivity contribution in [2.75, 3.05) is 19.8 Å². The molecule has 0 spiro atoms. The molecule has 0 aliphatic carbocycles. The summed E-state index contributed by atoms with van der Waals surface area (Å²) in [7, 11) is 0. The summed E-state index contributed by atoms with van der Waals surface area (Å²) in [6.45, 7) is 7.52. The Hall–Kier alpha value is -0.0800. The maximum atomic E-state index is 5.41. The van der Waals surface area contributed by atoms with E-state index in [1.165, 1.54) is 44.9 Å². The normalized spacial score (nSPS) is 26.0. The molecule has 1 unspecified atom stereocenters. The second-order valence-electron chi connectivity index (χ2n) is 5.06. The highest BCUT2D eigenvalue weighted by Crippen LogP contribution is 2.17. The number of unbranched alkanes of at least 4 members (excludes halogenated alkanes) is 5. The van der Waals surface area contributed by atoms with Crippen molar-refractivity contribution in [3.05, 3.63) is 0 Å². The van der Waals surface area contributed by atoms with Gasteiger partial charge in [0, 0.05) is 12.1 Å². The quantitative estimate of drug-likeness (QED) is 0.626. The molecule has 1 rings (SSSR count). The molecule has 0 aromatic carbocycles. The fourth-order valence-electron chi connectivity index (χ4n) is 2.10. The van der Waals surface area contributed by atoms with Crippen LogP contribution in [-0.2, 0) is 4.74 Å². The highest BCUT2D eigenvalue weighted by Gasteiger charge is 2.28. The predicted molar refractivity (Wildman–Crippen MR) is 65.2 cm³/mol. The van der Waals surface area contributed by atoms with Gasteiger partial charge in [-0.25, -0.2) is 0 Å². The minimum atomic E-state index is 0.267. The molecule has 0 aromatic heterocycles. The summed E-state index contributed by atoms with van der Waals surface area (Å²) in [6.07, 6.45) is 9.43. The predicted octanol–water partition coefficient (Wildman–Crippen LogP) is 3.12. The second kappa shape index (κ2) is 7.24. The molecule has 1 aliphatic rings. The van der Waals surface area contributed by atoms with Gasteiger partial charge in [0.15, 0.2) is 0 Å². The monoisotopic (exact) mass is 213 g/mol. The van der Waals surface area contributed by atoms with Crippen LogP contribution < -0.4 is 5.32 Å². The van der Waals surface area contributed by atoms with Gasteiger partial charge in [-0.15, -0.1) is 0 Å². The van der Waals surface area contributed by atoms with E-state index >= 15 is 0 Å². The molecule has 0 radical (unpaired) electrons. The van der Waals surface area contributed by atoms with Crippen LogP contribution in [0.4, 0.5) is 0 Å². The van der Waals surface area contributed by atoms with E-state index in [0.717, 1.165) is 19.8 Å². The first kappa shape index (κ1) is 13.0. The van der Waals surface area contributed by atoms with E-state index in [-0.39, 0.29) is 5.54 Å². The summed E-state index contributed by atoms with van der Waals surface area (Å²) in [4.78, 5) is 0. The van der Waals surface area contributed by atoms with E-state index in [1.54, 1.807) is 0 Å². The SMILES string of the molecule is CCCCCCCCNC1(C)CCOC1. The zero-order chi connectivity index (χ0) is 11.0. The average molecular weight is 213 g/mol. The molecule has 1 heterocycles. The highest BCUT2D eigenvalue weighted by atomic mass is 16.5. The molecule has 0 amide bonds. The maximum Gasteiger partial charge on any atom is 0.0646 e. The molecule has 2 nitrogen and oxygen atoms in total. The topological polar surface area (TPSA) is 21.3 Å². The number of ether oxygens (including phenoxy) is 1. The lowest BCUT2D eigenvalue weighted by Gasteiger charge is -2.23. The molecular formula is C13H27NO. The minimum Gasteiger partial charge on any atom is -0.379 e. The van der Waals surface area contributed by atoms with E-state index in [9.17, 15) is 0 Å². The zero-order valence-corrected chi connectivity index (χ0v) is 10.5. The molecule has 1 N–H and O–H groups in total. The molecule has 0 bridgehead atoms. The van der Waals surface area contributed by atoms with Crippen molar-refractivity contribution < 1.29 is 4.74 Å². The van der Waals surface area contributed by atoms with E-state index in [0.29, 0.717) is 0 Å². The van der Waals surface area contributed by atoms with Gasteiger partial charge in [-0.2, -0.15) is 0 Å². The third-order valence-electron chi connectivity index (χ3n) is 3.30. The summed E-state index contributed by atoms with van der Waals surface area (Å²) in [5.74, 6) is 0. The Morgan fingerprint density at radius 2 is 1.87 bits per heavy atom. The Bertz CT molecular complexity index is 153. The number of rotatable bonds is 8. The molecular weight excluding hydrogens is 186 g/mol. The largest absolute Gasteiger partial charge is 0.379 e. The Morgan fingerprint density at radius 3 is 2.53 bits per heavy atom. The second-order valence-corrected chi connectivity index (χ2v) is 5.06. The summed E-state index contributed by atoms with van der Waals surface area (Å²) >= 11 is 0. The van der Waals surface area contributed by atoms with Crippen molar-refractivity contribution in [2.24, 2.45) is 0 Å². The van der Waals surface area contributed by atoms with E-state index in [4.69, 9.17) is 4.74 Å². The Labute approximate surface area is 94.8 Å². The van der Waals surface area contributed by atoms with Crippen molar-refractivity contribution in [3.63, 3.8) is 0 Å². The van der Waals surface area contributed by atoms with E-state index in [1.807, 2.05) is 0 Å². The third kappa shape index (κ3) is 5.53. The van der Waals surface area contributed by atoms with Crippen LogP contribution in [0.2, 0.25) is 0 Å². The van der Waals surface area contributed by atoms with Crippen LogP contribution in [0, 0.1) is 0 Å². The fraction of sp³-hybridized carbons (Fsp3) is 1.00. The summed E-state index contributed by atoms with van der Waals surface area (Å²) < 4.78 is 5.41.